The molecular weight excluding hydrogens is 502 g/mol. The van der Waals surface area contributed by atoms with Crippen molar-refractivity contribution < 1.29 is 8.78 Å². The van der Waals surface area contributed by atoms with Gasteiger partial charge in [-0.25, -0.2) is 13.8 Å². The van der Waals surface area contributed by atoms with Crippen LogP contribution in [0.4, 0.5) is 26.4 Å². The van der Waals surface area contributed by atoms with E-state index in [2.05, 4.69) is 20.3 Å². The van der Waals surface area contributed by atoms with E-state index in [4.69, 9.17) is 23.1 Å². The minimum atomic E-state index is -2.76. The molecule has 5 N–H and O–H groups in total. The van der Waals surface area contributed by atoms with Gasteiger partial charge in [0.05, 0.1) is 27.7 Å². The van der Waals surface area contributed by atoms with Crippen LogP contribution in [0.25, 0.3) is 16.6 Å². The second-order valence-corrected chi connectivity index (χ2v) is 9.13. The summed E-state index contributed by atoms with van der Waals surface area (Å²) >= 11 is 6.35. The third-order valence-electron chi connectivity index (χ3n) is 5.82. The number of alkyl halides is 2. The van der Waals surface area contributed by atoms with Crippen molar-refractivity contribution in [3.63, 3.8) is 0 Å². The maximum Gasteiger partial charge on any atom is 0.267 e. The number of nitrogens with zero attached hydrogens (tertiary/aromatic N) is 5. The van der Waals surface area contributed by atoms with Crippen LogP contribution in [0.3, 0.4) is 0 Å². The molecule has 0 aliphatic carbocycles. The van der Waals surface area contributed by atoms with Gasteiger partial charge in [0.15, 0.2) is 5.82 Å². The van der Waals surface area contributed by atoms with Gasteiger partial charge < -0.3 is 16.8 Å². The van der Waals surface area contributed by atoms with Crippen LogP contribution >= 0.6 is 11.6 Å². The van der Waals surface area contributed by atoms with Crippen LogP contribution in [-0.4, -0.2) is 19.5 Å². The topological polar surface area (TPSA) is 149 Å². The maximum absolute atomic E-state index is 13.8. The van der Waals surface area contributed by atoms with Gasteiger partial charge in [-0.15, -0.1) is 0 Å². The molecule has 0 aliphatic rings. The highest BCUT2D eigenvalue weighted by molar-refractivity contribution is 6.35. The second-order valence-electron chi connectivity index (χ2n) is 8.73. The summed E-state index contributed by atoms with van der Waals surface area (Å²) in [6.07, 6.45) is -2.76. The van der Waals surface area contributed by atoms with Gasteiger partial charge in [-0.3, -0.25) is 9.36 Å². The predicted molar refractivity (Wildman–Crippen MR) is 139 cm³/mol. The molecule has 1 unspecified atom stereocenters. The summed E-state index contributed by atoms with van der Waals surface area (Å²) in [7, 11) is 0. The van der Waals surface area contributed by atoms with Crippen molar-refractivity contribution in [1.29, 1.82) is 5.26 Å². The first-order chi connectivity index (χ1) is 17.5. The third kappa shape index (κ3) is 4.88. The van der Waals surface area contributed by atoms with Crippen LogP contribution in [0.1, 0.15) is 61.7 Å². The lowest BCUT2D eigenvalue weighted by atomic mass is 9.99. The molecule has 0 radical (unpaired) electrons. The van der Waals surface area contributed by atoms with E-state index in [-0.39, 0.29) is 56.5 Å². The van der Waals surface area contributed by atoms with Crippen molar-refractivity contribution in [3.8, 4) is 11.8 Å². The van der Waals surface area contributed by atoms with Crippen LogP contribution in [0.5, 0.6) is 0 Å². The summed E-state index contributed by atoms with van der Waals surface area (Å²) in [4.78, 5) is 26.3. The van der Waals surface area contributed by atoms with Gasteiger partial charge in [0.25, 0.3) is 12.0 Å². The zero-order valence-corrected chi connectivity index (χ0v) is 20.9. The molecule has 2 aromatic carbocycles. The molecule has 4 aromatic rings. The van der Waals surface area contributed by atoms with E-state index >= 15 is 0 Å². The molecule has 37 heavy (non-hydrogen) atoms. The minimum absolute atomic E-state index is 0.0381. The summed E-state index contributed by atoms with van der Waals surface area (Å²) in [6.45, 7) is 5.40. The number of hydrogen-bond donors (Lipinski definition) is 3. The molecular formula is C25H23ClF2N8O. The van der Waals surface area contributed by atoms with Gasteiger partial charge in [-0.1, -0.05) is 31.5 Å². The highest BCUT2D eigenvalue weighted by atomic mass is 35.5. The second kappa shape index (κ2) is 9.99. The summed E-state index contributed by atoms with van der Waals surface area (Å²) in [5.74, 6) is -0.161. The number of aromatic nitrogens is 4. The van der Waals surface area contributed by atoms with Crippen molar-refractivity contribution in [1.82, 2.24) is 19.5 Å². The van der Waals surface area contributed by atoms with E-state index in [1.54, 1.807) is 31.2 Å². The quantitative estimate of drug-likeness (QED) is 0.315. The van der Waals surface area contributed by atoms with Gasteiger partial charge >= 0.3 is 0 Å². The van der Waals surface area contributed by atoms with Crippen molar-refractivity contribution in [2.75, 3.05) is 16.8 Å². The Kier molecular flexibility index (Phi) is 6.96. The number of hydrogen-bond acceptors (Lipinski definition) is 8. The lowest BCUT2D eigenvalue weighted by Crippen LogP contribution is -2.28. The van der Waals surface area contributed by atoms with E-state index in [0.717, 1.165) is 0 Å². The number of halogens is 3. The molecule has 2 heterocycles. The summed E-state index contributed by atoms with van der Waals surface area (Å²) in [6, 6.07) is 10.3. The first kappa shape index (κ1) is 25.8. The van der Waals surface area contributed by atoms with Crippen molar-refractivity contribution in [2.45, 2.75) is 39.2 Å². The Labute approximate surface area is 215 Å². The van der Waals surface area contributed by atoms with Gasteiger partial charge in [-0.2, -0.15) is 15.2 Å². The highest BCUT2D eigenvalue weighted by Crippen LogP contribution is 2.30. The normalized spacial score (nSPS) is 12.2. The lowest BCUT2D eigenvalue weighted by Gasteiger charge is -2.22. The first-order valence-electron chi connectivity index (χ1n) is 11.3. The molecule has 0 fully saturated rings. The Morgan fingerprint density at radius 1 is 1.08 bits per heavy atom. The molecule has 0 saturated heterocycles. The smallest absolute Gasteiger partial charge is 0.267 e. The molecule has 190 valence electrons. The predicted octanol–water partition coefficient (Wildman–Crippen LogP) is 5.10. The number of anilines is 3. The number of fused-ring (bicyclic) bond motifs is 1. The van der Waals surface area contributed by atoms with Crippen LogP contribution in [0.15, 0.2) is 41.2 Å². The molecule has 0 aliphatic heterocycles. The Morgan fingerprint density at radius 3 is 2.43 bits per heavy atom. The summed E-state index contributed by atoms with van der Waals surface area (Å²) in [5, 5.41) is 12.9. The monoisotopic (exact) mass is 524 g/mol. The minimum Gasteiger partial charge on any atom is -0.382 e. The molecule has 12 heteroatoms. The molecule has 0 spiro atoms. The van der Waals surface area contributed by atoms with Crippen LogP contribution in [0, 0.1) is 11.3 Å². The van der Waals surface area contributed by atoms with Crippen molar-refractivity contribution in [3.05, 3.63) is 74.3 Å². The van der Waals surface area contributed by atoms with Crippen LogP contribution in [0.2, 0.25) is 5.02 Å². The van der Waals surface area contributed by atoms with Crippen molar-refractivity contribution >= 4 is 40.1 Å². The average molecular weight is 525 g/mol. The van der Waals surface area contributed by atoms with E-state index < -0.39 is 18.0 Å². The lowest BCUT2D eigenvalue weighted by molar-refractivity contribution is 0.151. The third-order valence-corrected chi connectivity index (χ3v) is 6.13. The summed E-state index contributed by atoms with van der Waals surface area (Å²) in [5.41, 5.74) is 11.9. The number of benzene rings is 2. The molecule has 0 amide bonds. The molecule has 0 bridgehead atoms. The number of nitriles is 1. The number of nitrogen functional groups attached to an aromatic ring is 2. The molecule has 4 rings (SSSR count). The largest absolute Gasteiger partial charge is 0.382 e. The zero-order valence-electron chi connectivity index (χ0n) is 20.1. The van der Waals surface area contributed by atoms with E-state index in [0.29, 0.717) is 11.1 Å². The maximum atomic E-state index is 13.8. The number of nitrogens with two attached hydrogens (primary N) is 2. The van der Waals surface area contributed by atoms with E-state index in [1.807, 2.05) is 19.9 Å². The Balaban J connectivity index is 2.01. The fraction of sp³-hybridized carbons (Fsp3) is 0.240. The zero-order chi connectivity index (χ0) is 27.0. The average Bonchev–Trinajstić information content (AvgIpc) is 2.83. The van der Waals surface area contributed by atoms with E-state index in [1.165, 1.54) is 16.7 Å². The molecule has 9 nitrogen and oxygen atoms in total. The summed E-state index contributed by atoms with van der Waals surface area (Å²) < 4.78 is 28.9. The van der Waals surface area contributed by atoms with Gasteiger partial charge in [0, 0.05) is 5.56 Å². The number of nitrogens with one attached hydrogen (secondary N) is 1. The fourth-order valence-electron chi connectivity index (χ4n) is 3.97. The number of rotatable bonds is 6. The fourth-order valence-corrected chi connectivity index (χ4v) is 4.23. The molecule has 2 aromatic heterocycles. The van der Waals surface area contributed by atoms with E-state index in [9.17, 15) is 18.8 Å². The Bertz CT molecular complexity index is 1590. The Hall–Kier alpha value is -4.30. The van der Waals surface area contributed by atoms with Gasteiger partial charge in [0.2, 0.25) is 5.95 Å². The van der Waals surface area contributed by atoms with Gasteiger partial charge in [0.1, 0.15) is 23.3 Å². The van der Waals surface area contributed by atoms with Crippen LogP contribution < -0.4 is 22.3 Å². The Morgan fingerprint density at radius 2 is 1.78 bits per heavy atom. The van der Waals surface area contributed by atoms with Crippen molar-refractivity contribution in [2.24, 2.45) is 0 Å². The van der Waals surface area contributed by atoms with Crippen LogP contribution in [-0.2, 0) is 0 Å². The first-order valence-corrected chi connectivity index (χ1v) is 11.6. The molecule has 1 atom stereocenters. The standard InChI is InChI=1S/C25H23ClF2N8O/c1-11(2)13-7-14(20(27)28)9-15(8-13)36-23(33-18-6-4-5-17(26)19(18)24(36)37)12(3)32-22-16(10-29)21(30)34-25(31)35-22/h4-9,11-12,20H,1-3H3,(H5,30,31,32,34,35). The highest BCUT2D eigenvalue weighted by Gasteiger charge is 2.23. The SMILES string of the molecule is CC(C)c1cc(C(F)F)cc(-n2c(C(C)Nc3nc(N)nc(N)c3C#N)nc3cccc(Cl)c3c2=O)c1. The van der Waals surface area contributed by atoms with Gasteiger partial charge in [-0.05, 0) is 48.7 Å². The molecule has 0 saturated carbocycles.